The molecule has 0 fully saturated rings. The second-order valence-corrected chi connectivity index (χ2v) is 4.30. The molecule has 0 radical (unpaired) electrons. The van der Waals surface area contributed by atoms with E-state index in [0.717, 1.165) is 0 Å². The van der Waals surface area contributed by atoms with Gasteiger partial charge in [0.25, 0.3) is 5.91 Å². The molecule has 1 N–H and O–H groups in total. The first kappa shape index (κ1) is 13.5. The van der Waals surface area contributed by atoms with Gasteiger partial charge in [0.1, 0.15) is 11.0 Å². The molecule has 0 spiro atoms. The number of carbonyl (C=O) groups is 1. The van der Waals surface area contributed by atoms with Crippen molar-refractivity contribution in [3.05, 3.63) is 64.7 Å². The van der Waals surface area contributed by atoms with Crippen molar-refractivity contribution in [2.24, 2.45) is 0 Å². The highest BCUT2D eigenvalue weighted by Crippen LogP contribution is 2.11. The van der Waals surface area contributed by atoms with E-state index in [2.05, 4.69) is 10.3 Å². The number of rotatable bonds is 4. The van der Waals surface area contributed by atoms with Crippen LogP contribution in [0.4, 0.5) is 4.39 Å². The predicted octanol–water partition coefficient (Wildman–Crippen LogP) is 2.85. The molecule has 0 bridgehead atoms. The Labute approximate surface area is 115 Å². The van der Waals surface area contributed by atoms with Crippen LogP contribution in [0, 0.1) is 5.82 Å². The second-order valence-electron chi connectivity index (χ2n) is 3.94. The quantitative estimate of drug-likeness (QED) is 0.874. The molecule has 1 heterocycles. The zero-order valence-corrected chi connectivity index (χ0v) is 10.8. The lowest BCUT2D eigenvalue weighted by atomic mass is 10.1. The topological polar surface area (TPSA) is 42.0 Å². The minimum Gasteiger partial charge on any atom is -0.352 e. The maximum absolute atomic E-state index is 13.4. The number of hydrogen-bond acceptors (Lipinski definition) is 2. The van der Waals surface area contributed by atoms with Crippen molar-refractivity contribution in [2.75, 3.05) is 6.54 Å². The lowest BCUT2D eigenvalue weighted by molar-refractivity contribution is 0.0954. The summed E-state index contributed by atoms with van der Waals surface area (Å²) in [6.45, 7) is 0.338. The molecule has 2 aromatic rings. The van der Waals surface area contributed by atoms with Gasteiger partial charge < -0.3 is 5.32 Å². The first-order chi connectivity index (χ1) is 9.18. The van der Waals surface area contributed by atoms with E-state index in [1.165, 1.54) is 12.3 Å². The molecular weight excluding hydrogens is 267 g/mol. The summed E-state index contributed by atoms with van der Waals surface area (Å²) >= 11 is 5.81. The molecule has 2 rings (SSSR count). The van der Waals surface area contributed by atoms with Crippen molar-refractivity contribution in [2.45, 2.75) is 6.42 Å². The Morgan fingerprint density at radius 1 is 1.26 bits per heavy atom. The highest BCUT2D eigenvalue weighted by atomic mass is 35.5. The average molecular weight is 279 g/mol. The molecule has 3 nitrogen and oxygen atoms in total. The average Bonchev–Trinajstić information content (AvgIpc) is 2.41. The molecule has 0 aliphatic heterocycles. The fraction of sp³-hybridized carbons (Fsp3) is 0.143. The van der Waals surface area contributed by atoms with Crippen molar-refractivity contribution in [1.82, 2.24) is 10.3 Å². The molecule has 5 heteroatoms. The number of benzene rings is 1. The number of aromatic nitrogens is 1. The fourth-order valence-electron chi connectivity index (χ4n) is 1.66. The summed E-state index contributed by atoms with van der Waals surface area (Å²) in [4.78, 5) is 15.6. The summed E-state index contributed by atoms with van der Waals surface area (Å²) in [6.07, 6.45) is 1.94. The number of nitrogens with zero attached hydrogens (tertiary/aromatic N) is 1. The summed E-state index contributed by atoms with van der Waals surface area (Å²) in [5.74, 6) is -0.578. The lowest BCUT2D eigenvalue weighted by Crippen LogP contribution is -2.26. The molecule has 0 aliphatic rings. The van der Waals surface area contributed by atoms with Crippen LogP contribution in [0.15, 0.2) is 42.6 Å². The normalized spacial score (nSPS) is 10.2. The van der Waals surface area contributed by atoms with Crippen LogP contribution in [0.1, 0.15) is 15.9 Å². The number of hydrogen-bond donors (Lipinski definition) is 1. The highest BCUT2D eigenvalue weighted by Gasteiger charge is 2.10. The van der Waals surface area contributed by atoms with Crippen LogP contribution in [0.3, 0.4) is 0 Å². The fourth-order valence-corrected chi connectivity index (χ4v) is 1.87. The van der Waals surface area contributed by atoms with E-state index in [9.17, 15) is 9.18 Å². The highest BCUT2D eigenvalue weighted by molar-refractivity contribution is 6.32. The third-order valence-corrected chi connectivity index (χ3v) is 2.94. The largest absolute Gasteiger partial charge is 0.352 e. The van der Waals surface area contributed by atoms with E-state index < -0.39 is 0 Å². The van der Waals surface area contributed by atoms with E-state index in [4.69, 9.17) is 11.6 Å². The molecule has 1 aromatic carbocycles. The van der Waals surface area contributed by atoms with Crippen LogP contribution >= 0.6 is 11.6 Å². The van der Waals surface area contributed by atoms with E-state index in [0.29, 0.717) is 24.1 Å². The van der Waals surface area contributed by atoms with Gasteiger partial charge in [-0.2, -0.15) is 0 Å². The molecule has 1 amide bonds. The van der Waals surface area contributed by atoms with Crippen LogP contribution in [0.25, 0.3) is 0 Å². The van der Waals surface area contributed by atoms with Gasteiger partial charge in [-0.3, -0.25) is 4.79 Å². The number of nitrogens with one attached hydrogen (secondary N) is 1. The first-order valence-corrected chi connectivity index (χ1v) is 6.18. The summed E-state index contributed by atoms with van der Waals surface area (Å²) in [6, 6.07) is 9.71. The van der Waals surface area contributed by atoms with Gasteiger partial charge in [-0.1, -0.05) is 29.8 Å². The van der Waals surface area contributed by atoms with E-state index in [1.54, 1.807) is 30.3 Å². The maximum Gasteiger partial charge on any atom is 0.254 e. The zero-order valence-electron chi connectivity index (χ0n) is 10.1. The van der Waals surface area contributed by atoms with Gasteiger partial charge in [-0.15, -0.1) is 0 Å². The Morgan fingerprint density at radius 2 is 2.05 bits per heavy atom. The Hall–Kier alpha value is -1.94. The van der Waals surface area contributed by atoms with Crippen molar-refractivity contribution in [3.8, 4) is 0 Å². The van der Waals surface area contributed by atoms with Crippen molar-refractivity contribution < 1.29 is 9.18 Å². The summed E-state index contributed by atoms with van der Waals surface area (Å²) in [5, 5.41) is 2.84. The number of halogens is 2. The Morgan fingerprint density at radius 3 is 2.79 bits per heavy atom. The molecule has 19 heavy (non-hydrogen) atoms. The van der Waals surface area contributed by atoms with Gasteiger partial charge in [0.05, 0.1) is 5.56 Å². The molecule has 0 unspecified atom stereocenters. The second kappa shape index (κ2) is 6.29. The molecular formula is C14H12ClFN2O. The van der Waals surface area contributed by atoms with E-state index >= 15 is 0 Å². The summed E-state index contributed by atoms with van der Waals surface area (Å²) in [5.41, 5.74) is 0.887. The smallest absolute Gasteiger partial charge is 0.254 e. The van der Waals surface area contributed by atoms with Crippen molar-refractivity contribution in [3.63, 3.8) is 0 Å². The number of pyridine rings is 1. The zero-order chi connectivity index (χ0) is 13.7. The van der Waals surface area contributed by atoms with Gasteiger partial charge in [-0.05, 0) is 30.2 Å². The van der Waals surface area contributed by atoms with Gasteiger partial charge in [0.15, 0.2) is 0 Å². The van der Waals surface area contributed by atoms with Crippen LogP contribution in [-0.2, 0) is 6.42 Å². The predicted molar refractivity (Wildman–Crippen MR) is 71.7 cm³/mol. The Kier molecular flexibility index (Phi) is 4.47. The molecule has 1 aromatic heterocycles. The third-order valence-electron chi connectivity index (χ3n) is 2.64. The van der Waals surface area contributed by atoms with Crippen molar-refractivity contribution >= 4 is 17.5 Å². The van der Waals surface area contributed by atoms with Crippen LogP contribution < -0.4 is 5.32 Å². The van der Waals surface area contributed by atoms with E-state index in [-0.39, 0.29) is 16.9 Å². The number of amides is 1. The summed E-state index contributed by atoms with van der Waals surface area (Å²) < 4.78 is 13.4. The molecule has 0 aliphatic carbocycles. The standard InChI is InChI=1S/C14H12ClFN2O/c15-13-11(5-3-8-17-13)14(19)18-9-7-10-4-1-2-6-12(10)16/h1-6,8H,7,9H2,(H,18,19). The van der Waals surface area contributed by atoms with Gasteiger partial charge >= 0.3 is 0 Å². The van der Waals surface area contributed by atoms with Crippen molar-refractivity contribution in [1.29, 1.82) is 0 Å². The van der Waals surface area contributed by atoms with Gasteiger partial charge in [-0.25, -0.2) is 9.37 Å². The maximum atomic E-state index is 13.4. The molecule has 98 valence electrons. The van der Waals surface area contributed by atoms with E-state index in [1.807, 2.05) is 0 Å². The Balaban J connectivity index is 1.92. The monoisotopic (exact) mass is 278 g/mol. The molecule has 0 saturated carbocycles. The minimum atomic E-state index is -0.311. The van der Waals surface area contributed by atoms with Crippen LogP contribution in [0.2, 0.25) is 5.15 Å². The van der Waals surface area contributed by atoms with Gasteiger partial charge in [0, 0.05) is 12.7 Å². The molecule has 0 atom stereocenters. The third kappa shape index (κ3) is 3.51. The van der Waals surface area contributed by atoms with Gasteiger partial charge in [0.2, 0.25) is 0 Å². The minimum absolute atomic E-state index is 0.158. The SMILES string of the molecule is O=C(NCCc1ccccc1F)c1cccnc1Cl. The van der Waals surface area contributed by atoms with Crippen LogP contribution in [0.5, 0.6) is 0 Å². The molecule has 0 saturated heterocycles. The van der Waals surface area contributed by atoms with Crippen LogP contribution in [-0.4, -0.2) is 17.4 Å². The first-order valence-electron chi connectivity index (χ1n) is 5.80. The lowest BCUT2D eigenvalue weighted by Gasteiger charge is -2.06. The summed E-state index contributed by atoms with van der Waals surface area (Å²) in [7, 11) is 0. The number of carbonyl (C=O) groups excluding carboxylic acids is 1. The Bertz CT molecular complexity index is 589.